The summed E-state index contributed by atoms with van der Waals surface area (Å²) in [6.07, 6.45) is 0.830. The number of hydrogen-bond acceptors (Lipinski definition) is 8. The average molecular weight is 509 g/mol. The van der Waals surface area contributed by atoms with Gasteiger partial charge in [-0.25, -0.2) is 23.1 Å². The normalized spacial score (nSPS) is 22.1. The van der Waals surface area contributed by atoms with Crippen LogP contribution in [0.4, 0.5) is 9.18 Å². The van der Waals surface area contributed by atoms with E-state index in [0.717, 1.165) is 10.5 Å². The van der Waals surface area contributed by atoms with Crippen LogP contribution in [0.1, 0.15) is 12.8 Å². The minimum Gasteiger partial charge on any atom is -0.447 e. The number of hydrogen-bond donors (Lipinski definition) is 2. The molecule has 11 nitrogen and oxygen atoms in total. The van der Waals surface area contributed by atoms with Gasteiger partial charge in [-0.05, 0) is 37.1 Å². The summed E-state index contributed by atoms with van der Waals surface area (Å²) < 4.78 is 52.0. The minimum absolute atomic E-state index is 0.00103. The lowest BCUT2D eigenvalue weighted by Crippen LogP contribution is -2.69. The van der Waals surface area contributed by atoms with Gasteiger partial charge < -0.3 is 14.4 Å². The van der Waals surface area contributed by atoms with Crippen molar-refractivity contribution in [3.05, 3.63) is 48.4 Å². The topological polar surface area (TPSA) is 138 Å². The number of benzene rings is 1. The van der Waals surface area contributed by atoms with Crippen molar-refractivity contribution in [2.75, 3.05) is 33.4 Å². The first-order valence-corrected chi connectivity index (χ1v) is 12.3. The van der Waals surface area contributed by atoms with E-state index in [-0.39, 0.29) is 37.6 Å². The molecule has 2 aliphatic rings. The first kappa shape index (κ1) is 25.0. The Morgan fingerprint density at radius 2 is 2.09 bits per heavy atom. The van der Waals surface area contributed by atoms with Crippen LogP contribution in [-0.2, 0) is 24.3 Å². The standard InChI is InChI=1S/C22H25FN4O7S/c1-33-9-10-34-21(29)26-13-17-7-8-22(14-26,20(28)25-30)27(17)35(31,32)18-5-6-19(24-12-18)15-3-2-4-16(23)11-15/h2-6,11-12,17,30H,7-10,13-14H2,1H3,(H,25,28). The number of carbonyl (C=O) groups is 2. The molecule has 3 heterocycles. The quantitative estimate of drug-likeness (QED) is 0.325. The Labute approximate surface area is 201 Å². The molecule has 2 atom stereocenters. The molecule has 2 bridgehead atoms. The van der Waals surface area contributed by atoms with Crippen molar-refractivity contribution >= 4 is 22.0 Å². The van der Waals surface area contributed by atoms with Crippen LogP contribution in [0.15, 0.2) is 47.5 Å². The lowest BCUT2D eigenvalue weighted by atomic mass is 9.96. The molecule has 188 valence electrons. The van der Waals surface area contributed by atoms with E-state index in [1.165, 1.54) is 42.3 Å². The van der Waals surface area contributed by atoms with E-state index < -0.39 is 39.4 Å². The smallest absolute Gasteiger partial charge is 0.409 e. The van der Waals surface area contributed by atoms with E-state index in [1.807, 2.05) is 0 Å². The Bertz CT molecular complexity index is 1210. The fourth-order valence-electron chi connectivity index (χ4n) is 4.65. The number of methoxy groups -OCH3 is 1. The fourth-order valence-corrected chi connectivity index (χ4v) is 6.56. The Balaban J connectivity index is 1.64. The van der Waals surface area contributed by atoms with Gasteiger partial charge in [-0.3, -0.25) is 15.0 Å². The van der Waals surface area contributed by atoms with Crippen molar-refractivity contribution in [1.29, 1.82) is 0 Å². The molecule has 4 rings (SSSR count). The Hall–Kier alpha value is -3.13. The molecule has 2 unspecified atom stereocenters. The number of pyridine rings is 1. The van der Waals surface area contributed by atoms with Crippen molar-refractivity contribution in [2.24, 2.45) is 0 Å². The molecule has 13 heteroatoms. The van der Waals surface area contributed by atoms with Gasteiger partial charge in [-0.15, -0.1) is 0 Å². The SMILES string of the molecule is COCCOC(=O)N1CC2CCC(C(=O)NO)(C1)N2S(=O)(=O)c1ccc(-c2cccc(F)c2)nc1. The Morgan fingerprint density at radius 3 is 2.74 bits per heavy atom. The number of aromatic nitrogens is 1. The predicted octanol–water partition coefficient (Wildman–Crippen LogP) is 1.38. The van der Waals surface area contributed by atoms with Crippen LogP contribution in [0.5, 0.6) is 0 Å². The predicted molar refractivity (Wildman–Crippen MR) is 119 cm³/mol. The average Bonchev–Trinajstić information content (AvgIpc) is 3.12. The molecular weight excluding hydrogens is 483 g/mol. The minimum atomic E-state index is -4.26. The van der Waals surface area contributed by atoms with Gasteiger partial charge in [0.05, 0.1) is 18.8 Å². The van der Waals surface area contributed by atoms with Crippen LogP contribution in [-0.4, -0.2) is 84.8 Å². The molecule has 1 aromatic heterocycles. The van der Waals surface area contributed by atoms with Crippen molar-refractivity contribution in [3.8, 4) is 11.3 Å². The van der Waals surface area contributed by atoms with Gasteiger partial charge in [-0.1, -0.05) is 12.1 Å². The first-order valence-electron chi connectivity index (χ1n) is 10.8. The third kappa shape index (κ3) is 4.59. The van der Waals surface area contributed by atoms with Gasteiger partial charge in [-0.2, -0.15) is 4.31 Å². The number of nitrogens with zero attached hydrogens (tertiary/aromatic N) is 3. The second kappa shape index (κ2) is 9.85. The number of sulfonamides is 1. The molecule has 0 saturated carbocycles. The molecule has 2 aliphatic heterocycles. The highest BCUT2D eigenvalue weighted by Crippen LogP contribution is 2.43. The summed E-state index contributed by atoms with van der Waals surface area (Å²) in [5, 5.41) is 9.42. The number of ether oxygens (including phenoxy) is 2. The highest BCUT2D eigenvalue weighted by Gasteiger charge is 2.61. The van der Waals surface area contributed by atoms with Crippen molar-refractivity contribution < 1.29 is 37.1 Å². The van der Waals surface area contributed by atoms with Crippen molar-refractivity contribution in [3.63, 3.8) is 0 Å². The maximum atomic E-state index is 13.7. The molecule has 1 aromatic carbocycles. The monoisotopic (exact) mass is 508 g/mol. The van der Waals surface area contributed by atoms with E-state index in [9.17, 15) is 27.6 Å². The maximum absolute atomic E-state index is 13.7. The third-order valence-electron chi connectivity index (χ3n) is 6.24. The van der Waals surface area contributed by atoms with Gasteiger partial charge >= 0.3 is 6.09 Å². The second-order valence-electron chi connectivity index (χ2n) is 8.34. The van der Waals surface area contributed by atoms with E-state index in [1.54, 1.807) is 11.5 Å². The maximum Gasteiger partial charge on any atom is 0.409 e. The number of amides is 2. The summed E-state index contributed by atoms with van der Waals surface area (Å²) >= 11 is 0. The summed E-state index contributed by atoms with van der Waals surface area (Å²) in [5.74, 6) is -1.39. The number of rotatable bonds is 7. The van der Waals surface area contributed by atoms with Gasteiger partial charge in [0, 0.05) is 31.5 Å². The summed E-state index contributed by atoms with van der Waals surface area (Å²) in [6, 6.07) is 7.80. The van der Waals surface area contributed by atoms with E-state index in [2.05, 4.69) is 4.98 Å². The molecule has 0 radical (unpaired) electrons. The first-order chi connectivity index (χ1) is 16.7. The van der Waals surface area contributed by atoms with E-state index in [0.29, 0.717) is 17.7 Å². The lowest BCUT2D eigenvalue weighted by molar-refractivity contribution is -0.141. The largest absolute Gasteiger partial charge is 0.447 e. The summed E-state index contributed by atoms with van der Waals surface area (Å²) in [7, 11) is -2.81. The molecule has 0 spiro atoms. The third-order valence-corrected chi connectivity index (χ3v) is 8.24. The number of carbonyl (C=O) groups excluding carboxylic acids is 2. The number of likely N-dealkylation sites (tertiary alicyclic amines) is 1. The molecule has 35 heavy (non-hydrogen) atoms. The van der Waals surface area contributed by atoms with Crippen molar-refractivity contribution in [2.45, 2.75) is 29.3 Å². The number of halogens is 1. The molecule has 2 N–H and O–H groups in total. The Kier molecular flexibility index (Phi) is 7.03. The molecule has 2 aromatic rings. The number of hydroxylamine groups is 1. The number of fused-ring (bicyclic) bond motifs is 2. The summed E-state index contributed by atoms with van der Waals surface area (Å²) in [5.41, 5.74) is 0.686. The summed E-state index contributed by atoms with van der Waals surface area (Å²) in [4.78, 5) is 30.6. The molecule has 0 aliphatic carbocycles. The zero-order valence-electron chi connectivity index (χ0n) is 18.9. The van der Waals surface area contributed by atoms with E-state index >= 15 is 0 Å². The van der Waals surface area contributed by atoms with Gasteiger partial charge in [0.1, 0.15) is 22.9 Å². The van der Waals surface area contributed by atoms with Gasteiger partial charge in [0.15, 0.2) is 0 Å². The van der Waals surface area contributed by atoms with Crippen LogP contribution >= 0.6 is 0 Å². The van der Waals surface area contributed by atoms with Crippen LogP contribution in [0.25, 0.3) is 11.3 Å². The zero-order valence-corrected chi connectivity index (χ0v) is 19.7. The fraction of sp³-hybridized carbons (Fsp3) is 0.409. The van der Waals surface area contributed by atoms with E-state index in [4.69, 9.17) is 9.47 Å². The highest BCUT2D eigenvalue weighted by atomic mass is 32.2. The number of nitrogens with one attached hydrogen (secondary N) is 1. The van der Waals surface area contributed by atoms with Crippen LogP contribution in [0, 0.1) is 5.82 Å². The summed E-state index contributed by atoms with van der Waals surface area (Å²) in [6.45, 7) is -0.0957. The molecule has 2 amide bonds. The van der Waals surface area contributed by atoms with Gasteiger partial charge in [0.2, 0.25) is 10.0 Å². The second-order valence-corrected chi connectivity index (χ2v) is 10.2. The molecule has 2 saturated heterocycles. The van der Waals surface area contributed by atoms with Crippen LogP contribution < -0.4 is 5.48 Å². The molecular formula is C22H25FN4O7S. The Morgan fingerprint density at radius 1 is 1.29 bits per heavy atom. The van der Waals surface area contributed by atoms with Crippen molar-refractivity contribution in [1.82, 2.24) is 19.7 Å². The zero-order chi connectivity index (χ0) is 25.2. The molecule has 2 fully saturated rings. The highest BCUT2D eigenvalue weighted by molar-refractivity contribution is 7.89. The lowest BCUT2D eigenvalue weighted by Gasteiger charge is -2.45. The number of piperazine rings is 1. The van der Waals surface area contributed by atoms with Crippen LogP contribution in [0.2, 0.25) is 0 Å². The van der Waals surface area contributed by atoms with Gasteiger partial charge in [0.25, 0.3) is 5.91 Å². The van der Waals surface area contributed by atoms with Crippen LogP contribution in [0.3, 0.4) is 0 Å².